The SMILES string of the molecule is COc1ccc([C@H](N)CC(F)(F)F)cc1F. The molecule has 1 aromatic rings. The Morgan fingerprint density at radius 1 is 1.38 bits per heavy atom. The highest BCUT2D eigenvalue weighted by molar-refractivity contribution is 5.30. The molecule has 0 spiro atoms. The van der Waals surface area contributed by atoms with E-state index < -0.39 is 24.5 Å². The number of rotatable bonds is 3. The first-order valence-corrected chi connectivity index (χ1v) is 4.49. The van der Waals surface area contributed by atoms with Crippen LogP contribution >= 0.6 is 0 Å². The van der Waals surface area contributed by atoms with Crippen molar-refractivity contribution in [2.24, 2.45) is 5.73 Å². The minimum atomic E-state index is -4.37. The van der Waals surface area contributed by atoms with E-state index in [1.807, 2.05) is 0 Å². The molecule has 16 heavy (non-hydrogen) atoms. The first kappa shape index (κ1) is 12.8. The van der Waals surface area contributed by atoms with Gasteiger partial charge in [-0.1, -0.05) is 6.07 Å². The van der Waals surface area contributed by atoms with Gasteiger partial charge < -0.3 is 10.5 Å². The summed E-state index contributed by atoms with van der Waals surface area (Å²) in [6, 6.07) is 2.26. The number of halogens is 4. The molecular weight excluding hydrogens is 226 g/mol. The average molecular weight is 237 g/mol. The number of methoxy groups -OCH3 is 1. The minimum absolute atomic E-state index is 0.0250. The van der Waals surface area contributed by atoms with E-state index in [1.54, 1.807) is 0 Å². The fourth-order valence-electron chi connectivity index (χ4n) is 1.28. The zero-order valence-electron chi connectivity index (χ0n) is 8.51. The number of ether oxygens (including phenoxy) is 1. The lowest BCUT2D eigenvalue weighted by molar-refractivity contribution is -0.138. The quantitative estimate of drug-likeness (QED) is 0.820. The van der Waals surface area contributed by atoms with Crippen molar-refractivity contribution in [2.45, 2.75) is 18.6 Å². The normalized spacial score (nSPS) is 13.6. The monoisotopic (exact) mass is 237 g/mol. The van der Waals surface area contributed by atoms with Gasteiger partial charge in [-0.2, -0.15) is 13.2 Å². The predicted molar refractivity (Wildman–Crippen MR) is 50.6 cm³/mol. The highest BCUT2D eigenvalue weighted by atomic mass is 19.4. The molecule has 1 atom stereocenters. The number of hydrogen-bond donors (Lipinski definition) is 1. The third-order valence-corrected chi connectivity index (χ3v) is 2.06. The van der Waals surface area contributed by atoms with Crippen molar-refractivity contribution in [3.63, 3.8) is 0 Å². The summed E-state index contributed by atoms with van der Waals surface area (Å²) in [5, 5.41) is 0. The second-order valence-corrected chi connectivity index (χ2v) is 3.32. The van der Waals surface area contributed by atoms with Gasteiger partial charge in [-0.25, -0.2) is 4.39 Å². The summed E-state index contributed by atoms with van der Waals surface area (Å²) in [6.07, 6.45) is -5.55. The van der Waals surface area contributed by atoms with E-state index in [2.05, 4.69) is 4.74 Å². The zero-order chi connectivity index (χ0) is 12.3. The Bertz CT molecular complexity index is 364. The third kappa shape index (κ3) is 3.37. The van der Waals surface area contributed by atoms with Gasteiger partial charge in [0.1, 0.15) is 0 Å². The van der Waals surface area contributed by atoms with Gasteiger partial charge in [-0.15, -0.1) is 0 Å². The van der Waals surface area contributed by atoms with Gasteiger partial charge in [0, 0.05) is 6.04 Å². The van der Waals surface area contributed by atoms with Crippen molar-refractivity contribution in [1.82, 2.24) is 0 Å². The van der Waals surface area contributed by atoms with Crippen molar-refractivity contribution in [1.29, 1.82) is 0 Å². The van der Waals surface area contributed by atoms with E-state index >= 15 is 0 Å². The molecular formula is C10H11F4NO. The number of nitrogens with two attached hydrogens (primary N) is 1. The van der Waals surface area contributed by atoms with E-state index in [-0.39, 0.29) is 11.3 Å². The Morgan fingerprint density at radius 2 is 2.00 bits per heavy atom. The zero-order valence-corrected chi connectivity index (χ0v) is 8.51. The first-order valence-electron chi connectivity index (χ1n) is 4.49. The van der Waals surface area contributed by atoms with E-state index in [0.717, 1.165) is 6.07 Å². The van der Waals surface area contributed by atoms with Crippen LogP contribution in [-0.2, 0) is 0 Å². The van der Waals surface area contributed by atoms with E-state index in [4.69, 9.17) is 5.73 Å². The molecule has 0 unspecified atom stereocenters. The standard InChI is InChI=1S/C10H11F4NO/c1-16-9-3-2-6(4-7(9)11)8(15)5-10(12,13)14/h2-4,8H,5,15H2,1H3/t8-/m1/s1. The molecule has 0 fully saturated rings. The fourth-order valence-corrected chi connectivity index (χ4v) is 1.28. The Kier molecular flexibility index (Phi) is 3.74. The van der Waals surface area contributed by atoms with Gasteiger partial charge in [0.15, 0.2) is 11.6 Å². The molecule has 0 saturated carbocycles. The molecule has 0 aliphatic heterocycles. The lowest BCUT2D eigenvalue weighted by Crippen LogP contribution is -2.20. The number of hydrogen-bond acceptors (Lipinski definition) is 2. The summed E-state index contributed by atoms with van der Waals surface area (Å²) < 4.78 is 53.9. The molecule has 0 bridgehead atoms. The van der Waals surface area contributed by atoms with Gasteiger partial charge >= 0.3 is 6.18 Å². The summed E-state index contributed by atoms with van der Waals surface area (Å²) in [4.78, 5) is 0. The predicted octanol–water partition coefficient (Wildman–Crippen LogP) is 2.79. The van der Waals surface area contributed by atoms with Crippen LogP contribution in [-0.4, -0.2) is 13.3 Å². The number of benzene rings is 1. The number of alkyl halides is 3. The first-order chi connectivity index (χ1) is 7.33. The summed E-state index contributed by atoms with van der Waals surface area (Å²) >= 11 is 0. The maximum atomic E-state index is 13.2. The molecule has 1 aromatic carbocycles. The molecule has 0 saturated heterocycles. The summed E-state index contributed by atoms with van der Waals surface area (Å²) in [7, 11) is 1.27. The van der Waals surface area contributed by atoms with Crippen molar-refractivity contribution in [3.05, 3.63) is 29.6 Å². The summed E-state index contributed by atoms with van der Waals surface area (Å²) in [6.45, 7) is 0. The van der Waals surface area contributed by atoms with Crippen LogP contribution in [0.4, 0.5) is 17.6 Å². The maximum absolute atomic E-state index is 13.2. The van der Waals surface area contributed by atoms with Gasteiger partial charge in [-0.05, 0) is 17.7 Å². The molecule has 0 radical (unpaired) electrons. The van der Waals surface area contributed by atoms with Crippen molar-refractivity contribution >= 4 is 0 Å². The minimum Gasteiger partial charge on any atom is -0.494 e. The van der Waals surface area contributed by atoms with Crippen molar-refractivity contribution in [3.8, 4) is 5.75 Å². The highest BCUT2D eigenvalue weighted by Crippen LogP contribution is 2.29. The Morgan fingerprint density at radius 3 is 2.44 bits per heavy atom. The summed E-state index contributed by atoms with van der Waals surface area (Å²) in [5.74, 6) is -0.749. The maximum Gasteiger partial charge on any atom is 0.390 e. The second kappa shape index (κ2) is 4.69. The van der Waals surface area contributed by atoms with Crippen LogP contribution in [0.2, 0.25) is 0 Å². The van der Waals surface area contributed by atoms with E-state index in [1.165, 1.54) is 19.2 Å². The van der Waals surface area contributed by atoms with Gasteiger partial charge in [0.05, 0.1) is 13.5 Å². The molecule has 2 nitrogen and oxygen atoms in total. The molecule has 6 heteroatoms. The van der Waals surface area contributed by atoms with E-state index in [9.17, 15) is 17.6 Å². The van der Waals surface area contributed by atoms with Crippen molar-refractivity contribution in [2.75, 3.05) is 7.11 Å². The Labute approximate surface area is 90.0 Å². The Hall–Kier alpha value is -1.30. The van der Waals surface area contributed by atoms with Crippen LogP contribution in [0.3, 0.4) is 0 Å². The lowest BCUT2D eigenvalue weighted by atomic mass is 10.0. The van der Waals surface area contributed by atoms with Crippen LogP contribution in [0, 0.1) is 5.82 Å². The Balaban J connectivity index is 2.85. The lowest BCUT2D eigenvalue weighted by Gasteiger charge is -2.15. The van der Waals surface area contributed by atoms with Crippen LogP contribution in [0.1, 0.15) is 18.0 Å². The highest BCUT2D eigenvalue weighted by Gasteiger charge is 2.31. The van der Waals surface area contributed by atoms with Crippen LogP contribution < -0.4 is 10.5 Å². The molecule has 0 aromatic heterocycles. The third-order valence-electron chi connectivity index (χ3n) is 2.06. The van der Waals surface area contributed by atoms with Crippen LogP contribution in [0.25, 0.3) is 0 Å². The molecule has 2 N–H and O–H groups in total. The van der Waals surface area contributed by atoms with Gasteiger partial charge in [0.2, 0.25) is 0 Å². The topological polar surface area (TPSA) is 35.2 Å². The van der Waals surface area contributed by atoms with Gasteiger partial charge in [0.25, 0.3) is 0 Å². The molecule has 0 amide bonds. The molecule has 0 heterocycles. The van der Waals surface area contributed by atoms with Gasteiger partial charge in [-0.3, -0.25) is 0 Å². The molecule has 0 aliphatic rings. The largest absolute Gasteiger partial charge is 0.494 e. The second-order valence-electron chi connectivity index (χ2n) is 3.32. The average Bonchev–Trinajstić information content (AvgIpc) is 2.15. The molecule has 1 rings (SSSR count). The smallest absolute Gasteiger partial charge is 0.390 e. The fraction of sp³-hybridized carbons (Fsp3) is 0.400. The molecule has 90 valence electrons. The molecule has 0 aliphatic carbocycles. The van der Waals surface area contributed by atoms with Crippen molar-refractivity contribution < 1.29 is 22.3 Å². The van der Waals surface area contributed by atoms with Crippen LogP contribution in [0.5, 0.6) is 5.75 Å². The summed E-state index contributed by atoms with van der Waals surface area (Å²) in [5.41, 5.74) is 5.41. The van der Waals surface area contributed by atoms with Crippen LogP contribution in [0.15, 0.2) is 18.2 Å². The van der Waals surface area contributed by atoms with E-state index in [0.29, 0.717) is 0 Å².